The molecule has 0 fully saturated rings. The number of fused-ring (bicyclic) bond motifs is 1. The lowest BCUT2D eigenvalue weighted by Crippen LogP contribution is -2.37. The van der Waals surface area contributed by atoms with E-state index in [0.717, 1.165) is 5.56 Å². The smallest absolute Gasteiger partial charge is 0.247 e. The third-order valence-corrected chi connectivity index (χ3v) is 7.04. The van der Waals surface area contributed by atoms with E-state index >= 15 is 0 Å². The molecule has 0 unspecified atom stereocenters. The van der Waals surface area contributed by atoms with Gasteiger partial charge in [0, 0.05) is 18.2 Å². The first-order valence-electron chi connectivity index (χ1n) is 10.8. The standard InChI is InChI=1S/C25H25N3O6S/c1-33-18-9-11-21(22(15-18)34-2)27-25(30)24(16-6-4-3-5-7-16)28-35(31,32)19-10-12-20-17(14-19)8-13-23(29)26-20/h3-7,9-12,14-15,24,28H,8,13H2,1-2H3,(H,26,29)(H,27,30)/t24-/m0/s1. The number of anilines is 2. The summed E-state index contributed by atoms with van der Waals surface area (Å²) in [5.74, 6) is 0.210. The van der Waals surface area contributed by atoms with Gasteiger partial charge < -0.3 is 20.1 Å². The van der Waals surface area contributed by atoms with E-state index in [2.05, 4.69) is 15.4 Å². The van der Waals surface area contributed by atoms with Crippen molar-refractivity contribution >= 4 is 33.2 Å². The molecule has 3 N–H and O–H groups in total. The molecule has 3 aromatic rings. The lowest BCUT2D eigenvalue weighted by molar-refractivity contribution is -0.118. The van der Waals surface area contributed by atoms with E-state index in [1.165, 1.54) is 26.4 Å². The molecule has 9 nitrogen and oxygen atoms in total. The monoisotopic (exact) mass is 495 g/mol. The molecule has 1 atom stereocenters. The quantitative estimate of drug-likeness (QED) is 0.441. The molecule has 0 saturated heterocycles. The molecule has 3 aromatic carbocycles. The summed E-state index contributed by atoms with van der Waals surface area (Å²) in [6.07, 6.45) is 0.715. The lowest BCUT2D eigenvalue weighted by Gasteiger charge is -2.21. The summed E-state index contributed by atoms with van der Waals surface area (Å²) < 4.78 is 39.7. The summed E-state index contributed by atoms with van der Waals surface area (Å²) in [4.78, 5) is 25.0. The van der Waals surface area contributed by atoms with Crippen LogP contribution in [0.3, 0.4) is 0 Å². The highest BCUT2D eigenvalue weighted by atomic mass is 32.2. The van der Waals surface area contributed by atoms with Crippen molar-refractivity contribution in [2.24, 2.45) is 0 Å². The minimum Gasteiger partial charge on any atom is -0.497 e. The summed E-state index contributed by atoms with van der Waals surface area (Å²) in [6.45, 7) is 0. The maximum absolute atomic E-state index is 13.3. The topological polar surface area (TPSA) is 123 Å². The van der Waals surface area contributed by atoms with E-state index in [0.29, 0.717) is 34.9 Å². The van der Waals surface area contributed by atoms with Crippen molar-refractivity contribution in [2.75, 3.05) is 24.9 Å². The van der Waals surface area contributed by atoms with Gasteiger partial charge in [-0.1, -0.05) is 30.3 Å². The molecule has 0 aliphatic carbocycles. The number of nitrogens with one attached hydrogen (secondary N) is 3. The Hall–Kier alpha value is -3.89. The second kappa shape index (κ2) is 10.2. The van der Waals surface area contributed by atoms with E-state index < -0.39 is 22.0 Å². The molecule has 2 amide bonds. The van der Waals surface area contributed by atoms with Crippen LogP contribution in [0.5, 0.6) is 11.5 Å². The van der Waals surface area contributed by atoms with Gasteiger partial charge in [-0.05, 0) is 47.9 Å². The molecular weight excluding hydrogens is 470 g/mol. The maximum Gasteiger partial charge on any atom is 0.247 e. The zero-order valence-corrected chi connectivity index (χ0v) is 20.0. The van der Waals surface area contributed by atoms with Crippen LogP contribution in [0, 0.1) is 0 Å². The lowest BCUT2D eigenvalue weighted by atomic mass is 10.0. The van der Waals surface area contributed by atoms with Crippen LogP contribution in [0.25, 0.3) is 0 Å². The van der Waals surface area contributed by atoms with Gasteiger partial charge >= 0.3 is 0 Å². The molecule has 1 aliphatic rings. The number of carbonyl (C=O) groups is 2. The van der Waals surface area contributed by atoms with Crippen LogP contribution in [0.4, 0.5) is 11.4 Å². The normalized spacial score (nSPS) is 13.8. The Morgan fingerprint density at radius 3 is 2.46 bits per heavy atom. The molecule has 1 aliphatic heterocycles. The Kier molecular flexibility index (Phi) is 7.04. The first-order chi connectivity index (χ1) is 16.8. The number of aryl methyl sites for hydroxylation is 1. The van der Waals surface area contributed by atoms with Gasteiger partial charge in [0.1, 0.15) is 17.5 Å². The van der Waals surface area contributed by atoms with E-state index in [-0.39, 0.29) is 17.2 Å². The van der Waals surface area contributed by atoms with Gasteiger partial charge in [0.25, 0.3) is 0 Å². The van der Waals surface area contributed by atoms with Crippen molar-refractivity contribution in [1.82, 2.24) is 4.72 Å². The Morgan fingerprint density at radius 1 is 0.971 bits per heavy atom. The van der Waals surface area contributed by atoms with Crippen molar-refractivity contribution in [3.63, 3.8) is 0 Å². The number of benzene rings is 3. The summed E-state index contributed by atoms with van der Waals surface area (Å²) in [6, 6.07) is 16.7. The SMILES string of the molecule is COc1ccc(NC(=O)[C@@H](NS(=O)(=O)c2ccc3c(c2)CCC(=O)N3)c2ccccc2)c(OC)c1. The zero-order valence-electron chi connectivity index (χ0n) is 19.2. The average Bonchev–Trinajstić information content (AvgIpc) is 2.87. The Labute approximate surface area is 203 Å². The van der Waals surface area contributed by atoms with Crippen LogP contribution in [0.15, 0.2) is 71.6 Å². The number of amides is 2. The molecule has 0 bridgehead atoms. The Balaban J connectivity index is 1.64. The van der Waals surface area contributed by atoms with E-state index in [1.54, 1.807) is 54.6 Å². The van der Waals surface area contributed by atoms with Crippen molar-refractivity contribution in [2.45, 2.75) is 23.8 Å². The van der Waals surface area contributed by atoms with Crippen molar-refractivity contribution < 1.29 is 27.5 Å². The fraction of sp³-hybridized carbons (Fsp3) is 0.200. The first kappa shape index (κ1) is 24.2. The third kappa shape index (κ3) is 5.44. The number of sulfonamides is 1. The average molecular weight is 496 g/mol. The van der Waals surface area contributed by atoms with Crippen LogP contribution >= 0.6 is 0 Å². The molecule has 10 heteroatoms. The van der Waals surface area contributed by atoms with Crippen molar-refractivity contribution in [3.05, 3.63) is 77.9 Å². The fourth-order valence-corrected chi connectivity index (χ4v) is 5.01. The Bertz CT molecular complexity index is 1360. The number of carbonyl (C=O) groups excluding carboxylic acids is 2. The predicted octanol–water partition coefficient (Wildman–Crippen LogP) is 3.25. The highest BCUT2D eigenvalue weighted by molar-refractivity contribution is 7.89. The summed E-state index contributed by atoms with van der Waals surface area (Å²) in [5.41, 5.74) is 2.13. The number of rotatable bonds is 8. The number of hydrogen-bond donors (Lipinski definition) is 3. The first-order valence-corrected chi connectivity index (χ1v) is 12.3. The predicted molar refractivity (Wildman–Crippen MR) is 131 cm³/mol. The summed E-state index contributed by atoms with van der Waals surface area (Å²) in [7, 11) is -1.12. The van der Waals surface area contributed by atoms with Gasteiger partial charge in [0.05, 0.1) is 24.8 Å². The molecule has 0 saturated carbocycles. The van der Waals surface area contributed by atoms with Crippen LogP contribution in [0.1, 0.15) is 23.6 Å². The largest absolute Gasteiger partial charge is 0.497 e. The molecule has 4 rings (SSSR count). The number of ether oxygens (including phenoxy) is 2. The molecule has 35 heavy (non-hydrogen) atoms. The Morgan fingerprint density at radius 2 is 1.74 bits per heavy atom. The van der Waals surface area contributed by atoms with Crippen LogP contribution < -0.4 is 24.8 Å². The van der Waals surface area contributed by atoms with Crippen LogP contribution in [-0.4, -0.2) is 34.5 Å². The van der Waals surface area contributed by atoms with Gasteiger partial charge in [-0.3, -0.25) is 9.59 Å². The molecule has 0 spiro atoms. The van der Waals surface area contributed by atoms with Crippen LogP contribution in [0.2, 0.25) is 0 Å². The van der Waals surface area contributed by atoms with Gasteiger partial charge in [0.15, 0.2) is 0 Å². The summed E-state index contributed by atoms with van der Waals surface area (Å²) in [5, 5.41) is 5.48. The highest BCUT2D eigenvalue weighted by Crippen LogP contribution is 2.31. The minimum absolute atomic E-state index is 0.00292. The second-order valence-corrected chi connectivity index (χ2v) is 9.60. The van der Waals surface area contributed by atoms with Crippen molar-refractivity contribution in [1.29, 1.82) is 0 Å². The van der Waals surface area contributed by atoms with E-state index in [9.17, 15) is 18.0 Å². The van der Waals surface area contributed by atoms with Gasteiger partial charge in [0.2, 0.25) is 21.8 Å². The number of methoxy groups -OCH3 is 2. The van der Waals surface area contributed by atoms with Crippen LogP contribution in [-0.2, 0) is 26.0 Å². The van der Waals surface area contributed by atoms with Gasteiger partial charge in [-0.25, -0.2) is 8.42 Å². The molecule has 182 valence electrons. The zero-order chi connectivity index (χ0) is 25.0. The molecule has 0 radical (unpaired) electrons. The van der Waals surface area contributed by atoms with E-state index in [1.807, 2.05) is 0 Å². The third-order valence-electron chi connectivity index (χ3n) is 5.62. The molecule has 1 heterocycles. The molecule has 0 aromatic heterocycles. The fourth-order valence-electron chi connectivity index (χ4n) is 3.78. The van der Waals surface area contributed by atoms with E-state index in [4.69, 9.17) is 9.47 Å². The van der Waals surface area contributed by atoms with Gasteiger partial charge in [-0.2, -0.15) is 4.72 Å². The second-order valence-electron chi connectivity index (χ2n) is 7.89. The summed E-state index contributed by atoms with van der Waals surface area (Å²) >= 11 is 0. The maximum atomic E-state index is 13.3. The number of hydrogen-bond acceptors (Lipinski definition) is 6. The van der Waals surface area contributed by atoms with Gasteiger partial charge in [-0.15, -0.1) is 0 Å². The van der Waals surface area contributed by atoms with Crippen molar-refractivity contribution in [3.8, 4) is 11.5 Å². The highest BCUT2D eigenvalue weighted by Gasteiger charge is 2.29. The minimum atomic E-state index is -4.09. The molecular formula is C25H25N3O6S.